The van der Waals surface area contributed by atoms with Gasteiger partial charge in [0.2, 0.25) is 0 Å². The van der Waals surface area contributed by atoms with Gasteiger partial charge in [-0.05, 0) is 36.4 Å². The van der Waals surface area contributed by atoms with E-state index in [0.29, 0.717) is 0 Å². The van der Waals surface area contributed by atoms with Crippen molar-refractivity contribution >= 4 is 23.0 Å². The molecule has 0 aliphatic heterocycles. The molecule has 0 spiro atoms. The fourth-order valence-electron chi connectivity index (χ4n) is 1.48. The number of alkyl halides is 6. The Labute approximate surface area is 132 Å². The van der Waals surface area contributed by atoms with Crippen LogP contribution in [0.2, 0.25) is 5.02 Å². The standard InChI is InChI=1S/C7H5ClF3N.C7H6F3N/c8-6-2-1-4(12)3-5(6)7(9,10)11;8-7(9,10)5-2-1-3-6(11)4-5/h1-3H,12H2;1-4H,11H2. The van der Waals surface area contributed by atoms with Crippen LogP contribution in [0.4, 0.5) is 37.7 Å². The molecule has 23 heavy (non-hydrogen) atoms. The molecule has 0 aromatic heterocycles. The van der Waals surface area contributed by atoms with Gasteiger partial charge >= 0.3 is 12.4 Å². The van der Waals surface area contributed by atoms with Crippen LogP contribution in [0.15, 0.2) is 42.5 Å². The molecule has 4 N–H and O–H groups in total. The fourth-order valence-corrected chi connectivity index (χ4v) is 1.70. The van der Waals surface area contributed by atoms with Crippen molar-refractivity contribution < 1.29 is 26.3 Å². The summed E-state index contributed by atoms with van der Waals surface area (Å²) in [5.41, 5.74) is 8.88. The molecular formula is C14H11ClF6N2. The summed E-state index contributed by atoms with van der Waals surface area (Å²) >= 11 is 5.31. The molecule has 2 aromatic carbocycles. The summed E-state index contributed by atoms with van der Waals surface area (Å²) in [4.78, 5) is 0. The third-order valence-electron chi connectivity index (χ3n) is 2.51. The first-order valence-corrected chi connectivity index (χ1v) is 6.34. The van der Waals surface area contributed by atoms with Crippen LogP contribution in [0.1, 0.15) is 11.1 Å². The second-order valence-electron chi connectivity index (χ2n) is 4.36. The average Bonchev–Trinajstić information content (AvgIpc) is 2.40. The van der Waals surface area contributed by atoms with Crippen molar-refractivity contribution in [2.45, 2.75) is 12.4 Å². The third kappa shape index (κ3) is 5.90. The maximum absolute atomic E-state index is 12.1. The van der Waals surface area contributed by atoms with Gasteiger partial charge in [-0.2, -0.15) is 26.3 Å². The van der Waals surface area contributed by atoms with Crippen molar-refractivity contribution in [1.82, 2.24) is 0 Å². The highest BCUT2D eigenvalue weighted by Gasteiger charge is 2.33. The Bertz CT molecular complexity index is 667. The predicted molar refractivity (Wildman–Crippen MR) is 76.7 cm³/mol. The Kier molecular flexibility index (Phi) is 5.76. The molecule has 0 unspecified atom stereocenters. The van der Waals surface area contributed by atoms with Crippen LogP contribution < -0.4 is 11.5 Å². The van der Waals surface area contributed by atoms with Gasteiger partial charge in [-0.25, -0.2) is 0 Å². The first-order chi connectivity index (χ1) is 10.4. The number of hydrogen-bond acceptors (Lipinski definition) is 2. The Morgan fingerprint density at radius 3 is 1.70 bits per heavy atom. The van der Waals surface area contributed by atoms with Crippen molar-refractivity contribution in [1.29, 1.82) is 0 Å². The summed E-state index contributed by atoms with van der Waals surface area (Å²) in [5, 5.41) is -0.336. The van der Waals surface area contributed by atoms with E-state index in [1.807, 2.05) is 0 Å². The molecular weight excluding hydrogens is 346 g/mol. The van der Waals surface area contributed by atoms with E-state index in [9.17, 15) is 26.3 Å². The van der Waals surface area contributed by atoms with E-state index in [2.05, 4.69) is 0 Å². The Hall–Kier alpha value is -2.09. The van der Waals surface area contributed by atoms with E-state index in [1.54, 1.807) is 0 Å². The number of benzene rings is 2. The maximum atomic E-state index is 12.1. The Morgan fingerprint density at radius 2 is 1.30 bits per heavy atom. The van der Waals surface area contributed by atoms with E-state index in [1.165, 1.54) is 18.2 Å². The van der Waals surface area contributed by atoms with E-state index < -0.39 is 23.5 Å². The lowest BCUT2D eigenvalue weighted by molar-refractivity contribution is -0.138. The van der Waals surface area contributed by atoms with Crippen LogP contribution >= 0.6 is 11.6 Å². The van der Waals surface area contributed by atoms with Crippen molar-refractivity contribution in [2.24, 2.45) is 0 Å². The lowest BCUT2D eigenvalue weighted by Crippen LogP contribution is -2.06. The van der Waals surface area contributed by atoms with Crippen LogP contribution in [0.5, 0.6) is 0 Å². The highest BCUT2D eigenvalue weighted by atomic mass is 35.5. The molecule has 0 aliphatic rings. The smallest absolute Gasteiger partial charge is 0.399 e. The quantitative estimate of drug-likeness (QED) is 0.501. The maximum Gasteiger partial charge on any atom is 0.417 e. The molecule has 0 fully saturated rings. The largest absolute Gasteiger partial charge is 0.417 e. The number of nitrogens with two attached hydrogens (primary N) is 2. The van der Waals surface area contributed by atoms with Gasteiger partial charge in [-0.15, -0.1) is 0 Å². The van der Waals surface area contributed by atoms with Gasteiger partial charge in [0.15, 0.2) is 0 Å². The van der Waals surface area contributed by atoms with Crippen molar-refractivity contribution in [3.8, 4) is 0 Å². The first kappa shape index (κ1) is 19.0. The molecule has 0 radical (unpaired) electrons. The predicted octanol–water partition coefficient (Wildman–Crippen LogP) is 5.23. The fraction of sp³-hybridized carbons (Fsp3) is 0.143. The van der Waals surface area contributed by atoms with Crippen LogP contribution in [-0.4, -0.2) is 0 Å². The number of anilines is 2. The monoisotopic (exact) mass is 356 g/mol. The molecule has 0 heterocycles. The topological polar surface area (TPSA) is 52.0 Å². The Balaban J connectivity index is 0.000000231. The van der Waals surface area contributed by atoms with Crippen molar-refractivity contribution in [3.63, 3.8) is 0 Å². The lowest BCUT2D eigenvalue weighted by Gasteiger charge is -2.08. The highest BCUT2D eigenvalue weighted by molar-refractivity contribution is 6.31. The highest BCUT2D eigenvalue weighted by Crippen LogP contribution is 2.35. The van der Waals surface area contributed by atoms with Gasteiger partial charge in [-0.1, -0.05) is 17.7 Å². The van der Waals surface area contributed by atoms with E-state index in [0.717, 1.165) is 24.3 Å². The molecule has 2 rings (SSSR count). The van der Waals surface area contributed by atoms with E-state index in [-0.39, 0.29) is 16.4 Å². The zero-order chi connectivity index (χ0) is 17.8. The Morgan fingerprint density at radius 1 is 0.739 bits per heavy atom. The van der Waals surface area contributed by atoms with Gasteiger partial charge in [0.1, 0.15) is 0 Å². The molecule has 2 nitrogen and oxygen atoms in total. The van der Waals surface area contributed by atoms with Crippen LogP contribution in [-0.2, 0) is 12.4 Å². The van der Waals surface area contributed by atoms with Gasteiger partial charge < -0.3 is 11.5 Å². The molecule has 0 atom stereocenters. The summed E-state index contributed by atoms with van der Waals surface area (Å²) in [6, 6.07) is 7.82. The molecule has 0 aliphatic carbocycles. The van der Waals surface area contributed by atoms with Gasteiger partial charge in [-0.3, -0.25) is 0 Å². The minimum absolute atomic E-state index is 0.0479. The second kappa shape index (κ2) is 6.99. The third-order valence-corrected chi connectivity index (χ3v) is 2.84. The van der Waals surface area contributed by atoms with E-state index >= 15 is 0 Å². The molecule has 126 valence electrons. The van der Waals surface area contributed by atoms with E-state index in [4.69, 9.17) is 23.1 Å². The van der Waals surface area contributed by atoms with Crippen molar-refractivity contribution in [3.05, 3.63) is 58.6 Å². The van der Waals surface area contributed by atoms with Gasteiger partial charge in [0.05, 0.1) is 16.1 Å². The normalized spacial score (nSPS) is 11.6. The zero-order valence-corrected chi connectivity index (χ0v) is 12.1. The number of rotatable bonds is 0. The minimum atomic E-state index is -4.44. The van der Waals surface area contributed by atoms with Crippen LogP contribution in [0.3, 0.4) is 0 Å². The van der Waals surface area contributed by atoms with Gasteiger partial charge in [0.25, 0.3) is 0 Å². The molecule has 0 saturated heterocycles. The lowest BCUT2D eigenvalue weighted by atomic mass is 10.2. The minimum Gasteiger partial charge on any atom is -0.399 e. The summed E-state index contributed by atoms with van der Waals surface area (Å²) in [6.07, 6.45) is -8.73. The number of nitrogen functional groups attached to an aromatic ring is 2. The van der Waals surface area contributed by atoms with Crippen LogP contribution in [0, 0.1) is 0 Å². The molecule has 0 bridgehead atoms. The van der Waals surface area contributed by atoms with Crippen molar-refractivity contribution in [2.75, 3.05) is 11.5 Å². The zero-order valence-electron chi connectivity index (χ0n) is 11.3. The second-order valence-corrected chi connectivity index (χ2v) is 4.77. The summed E-state index contributed by atoms with van der Waals surface area (Å²) < 4.78 is 72.0. The average molecular weight is 357 g/mol. The van der Waals surface area contributed by atoms with Crippen LogP contribution in [0.25, 0.3) is 0 Å². The first-order valence-electron chi connectivity index (χ1n) is 5.96. The van der Waals surface area contributed by atoms with Gasteiger partial charge in [0, 0.05) is 11.4 Å². The molecule has 0 amide bonds. The summed E-state index contributed by atoms with van der Waals surface area (Å²) in [7, 11) is 0. The molecule has 9 heteroatoms. The summed E-state index contributed by atoms with van der Waals surface area (Å²) in [6.45, 7) is 0. The SMILES string of the molecule is Nc1ccc(Cl)c(C(F)(F)F)c1.Nc1cccc(C(F)(F)F)c1. The number of halogens is 7. The molecule has 0 saturated carbocycles. The number of hydrogen-bond donors (Lipinski definition) is 2. The molecule has 2 aromatic rings. The summed E-state index contributed by atoms with van der Waals surface area (Å²) in [5.74, 6) is 0.